The van der Waals surface area contributed by atoms with Crippen molar-refractivity contribution in [2.45, 2.75) is 26.2 Å². The van der Waals surface area contributed by atoms with Gasteiger partial charge in [-0.3, -0.25) is 4.79 Å². The molecule has 0 bridgehead atoms. The van der Waals surface area contributed by atoms with Crippen molar-refractivity contribution in [3.8, 4) is 10.6 Å². The summed E-state index contributed by atoms with van der Waals surface area (Å²) in [6, 6.07) is 4.19. The van der Waals surface area contributed by atoms with E-state index in [4.69, 9.17) is 0 Å². The maximum atomic E-state index is 12.4. The van der Waals surface area contributed by atoms with E-state index in [0.717, 1.165) is 48.1 Å². The number of carbonyl (C=O) groups excluding carboxylic acids is 1. The molecule has 1 saturated carbocycles. The van der Waals surface area contributed by atoms with Crippen LogP contribution in [0.2, 0.25) is 0 Å². The highest BCUT2D eigenvalue weighted by atomic mass is 32.1. The molecule has 2 aromatic heterocycles. The molecule has 6 heteroatoms. The zero-order valence-electron chi connectivity index (χ0n) is 12.5. The van der Waals surface area contributed by atoms with Crippen LogP contribution in [0.3, 0.4) is 0 Å². The summed E-state index contributed by atoms with van der Waals surface area (Å²) in [6.07, 6.45) is 3.30. The number of carbonyl (C=O) groups is 1. The third-order valence-corrected chi connectivity index (χ3v) is 6.61. The Morgan fingerprint density at radius 3 is 2.95 bits per heavy atom. The molecule has 2 aliphatic rings. The predicted molar refractivity (Wildman–Crippen MR) is 91.4 cm³/mol. The third kappa shape index (κ3) is 2.59. The minimum atomic E-state index is 0.158. The van der Waals surface area contributed by atoms with Crippen LogP contribution in [0, 0.1) is 18.3 Å². The molecule has 0 aromatic carbocycles. The lowest BCUT2D eigenvalue weighted by atomic mass is 9.92. The Morgan fingerprint density at radius 1 is 1.41 bits per heavy atom. The molecule has 2 aromatic rings. The van der Waals surface area contributed by atoms with Gasteiger partial charge >= 0.3 is 0 Å². The van der Waals surface area contributed by atoms with Gasteiger partial charge in [0.15, 0.2) is 5.13 Å². The topological polar surface area (TPSA) is 54.0 Å². The fourth-order valence-electron chi connectivity index (χ4n) is 3.40. The Hall–Kier alpha value is -1.24. The Kier molecular flexibility index (Phi) is 3.55. The number of thiazole rings is 1. The minimum absolute atomic E-state index is 0.158. The number of amides is 1. The van der Waals surface area contributed by atoms with E-state index < -0.39 is 0 Å². The van der Waals surface area contributed by atoms with Crippen molar-refractivity contribution in [3.63, 3.8) is 0 Å². The van der Waals surface area contributed by atoms with Crippen molar-refractivity contribution in [1.29, 1.82) is 0 Å². The summed E-state index contributed by atoms with van der Waals surface area (Å²) < 4.78 is 0. The van der Waals surface area contributed by atoms with E-state index in [0.29, 0.717) is 0 Å². The molecule has 22 heavy (non-hydrogen) atoms. The number of hydrogen-bond acceptors (Lipinski definition) is 5. The highest BCUT2D eigenvalue weighted by Crippen LogP contribution is 2.58. The van der Waals surface area contributed by atoms with Crippen LogP contribution in [0.1, 0.15) is 24.1 Å². The number of anilines is 1. The zero-order chi connectivity index (χ0) is 15.2. The van der Waals surface area contributed by atoms with Gasteiger partial charge in [0.1, 0.15) is 0 Å². The van der Waals surface area contributed by atoms with Crippen molar-refractivity contribution >= 4 is 33.7 Å². The Morgan fingerprint density at radius 2 is 2.23 bits per heavy atom. The van der Waals surface area contributed by atoms with Crippen LogP contribution < -0.4 is 10.6 Å². The summed E-state index contributed by atoms with van der Waals surface area (Å²) in [5, 5.41) is 9.14. The van der Waals surface area contributed by atoms with E-state index in [1.807, 2.05) is 5.38 Å². The summed E-state index contributed by atoms with van der Waals surface area (Å²) in [6.45, 7) is 4.18. The number of rotatable bonds is 3. The Labute approximate surface area is 138 Å². The van der Waals surface area contributed by atoms with Gasteiger partial charge < -0.3 is 10.6 Å². The van der Waals surface area contributed by atoms with Gasteiger partial charge in [-0.25, -0.2) is 4.98 Å². The quantitative estimate of drug-likeness (QED) is 0.904. The maximum Gasteiger partial charge on any atom is 0.229 e. The second-order valence-electron chi connectivity index (χ2n) is 6.31. The van der Waals surface area contributed by atoms with Crippen molar-refractivity contribution in [3.05, 3.63) is 22.4 Å². The lowest BCUT2D eigenvalue weighted by Gasteiger charge is -2.22. The number of piperidine rings is 1. The molecular formula is C16H19N3OS2. The van der Waals surface area contributed by atoms with Crippen molar-refractivity contribution < 1.29 is 4.79 Å². The van der Waals surface area contributed by atoms with Crippen LogP contribution in [-0.2, 0) is 4.79 Å². The first-order valence-electron chi connectivity index (χ1n) is 7.70. The fraction of sp³-hybridized carbons (Fsp3) is 0.500. The van der Waals surface area contributed by atoms with E-state index in [1.54, 1.807) is 11.3 Å². The lowest BCUT2D eigenvalue weighted by Crippen LogP contribution is -2.31. The molecule has 1 aliphatic carbocycles. The fourth-order valence-corrected chi connectivity index (χ4v) is 5.02. The number of hydrogen-bond donors (Lipinski definition) is 2. The molecule has 1 aliphatic heterocycles. The molecule has 116 valence electrons. The first kappa shape index (κ1) is 14.4. The van der Waals surface area contributed by atoms with E-state index in [2.05, 4.69) is 34.7 Å². The van der Waals surface area contributed by atoms with Gasteiger partial charge in [0, 0.05) is 16.2 Å². The average molecular weight is 333 g/mol. The van der Waals surface area contributed by atoms with Gasteiger partial charge in [0.2, 0.25) is 5.91 Å². The zero-order valence-corrected chi connectivity index (χ0v) is 14.1. The van der Waals surface area contributed by atoms with E-state index >= 15 is 0 Å². The third-order valence-electron chi connectivity index (χ3n) is 4.83. The van der Waals surface area contributed by atoms with Gasteiger partial charge in [-0.1, -0.05) is 0 Å². The summed E-state index contributed by atoms with van der Waals surface area (Å²) >= 11 is 3.25. The first-order chi connectivity index (χ1) is 10.7. The molecule has 1 saturated heterocycles. The lowest BCUT2D eigenvalue weighted by molar-refractivity contribution is -0.118. The molecule has 1 atom stereocenters. The van der Waals surface area contributed by atoms with Crippen LogP contribution in [-0.4, -0.2) is 24.0 Å². The molecule has 3 heterocycles. The standard InChI is InChI=1S/C16H19N3OS2/c1-10-2-3-13(22-10)12-9-21-15(18-12)19-14(20)11-8-16(11)4-6-17-7-5-16/h2-3,9,11,17H,4-8H2,1H3,(H,18,19,20). The summed E-state index contributed by atoms with van der Waals surface area (Å²) in [5.74, 6) is 0.344. The van der Waals surface area contributed by atoms with Gasteiger partial charge in [-0.05, 0) is 56.8 Å². The smallest absolute Gasteiger partial charge is 0.229 e. The van der Waals surface area contributed by atoms with Crippen molar-refractivity contribution in [1.82, 2.24) is 10.3 Å². The van der Waals surface area contributed by atoms with Crippen molar-refractivity contribution in [2.24, 2.45) is 11.3 Å². The van der Waals surface area contributed by atoms with Gasteiger partial charge in [0.25, 0.3) is 0 Å². The number of aromatic nitrogens is 1. The molecule has 1 spiro atoms. The summed E-state index contributed by atoms with van der Waals surface area (Å²) in [7, 11) is 0. The van der Waals surface area contributed by atoms with E-state index in [9.17, 15) is 4.79 Å². The van der Waals surface area contributed by atoms with Gasteiger partial charge in [0.05, 0.1) is 10.6 Å². The van der Waals surface area contributed by atoms with E-state index in [-0.39, 0.29) is 17.2 Å². The SMILES string of the molecule is Cc1ccc(-c2csc(NC(=O)C3CC34CCNCC4)n2)s1. The van der Waals surface area contributed by atoms with Crippen LogP contribution in [0.15, 0.2) is 17.5 Å². The van der Waals surface area contributed by atoms with E-state index in [1.165, 1.54) is 16.2 Å². The maximum absolute atomic E-state index is 12.4. The predicted octanol–water partition coefficient (Wildman–Crippen LogP) is 3.51. The number of nitrogens with zero attached hydrogens (tertiary/aromatic N) is 1. The number of aryl methyl sites for hydroxylation is 1. The molecule has 1 unspecified atom stereocenters. The second-order valence-corrected chi connectivity index (χ2v) is 8.45. The highest BCUT2D eigenvalue weighted by molar-refractivity contribution is 7.17. The van der Waals surface area contributed by atoms with Gasteiger partial charge in [-0.2, -0.15) is 0 Å². The number of thiophene rings is 1. The first-order valence-corrected chi connectivity index (χ1v) is 9.40. The van der Waals surface area contributed by atoms with Gasteiger partial charge in [-0.15, -0.1) is 22.7 Å². The molecule has 4 rings (SSSR count). The molecule has 2 fully saturated rings. The normalized spacial score (nSPS) is 22.7. The second kappa shape index (κ2) is 5.44. The summed E-state index contributed by atoms with van der Waals surface area (Å²) in [5.41, 5.74) is 1.24. The van der Waals surface area contributed by atoms with Crippen molar-refractivity contribution in [2.75, 3.05) is 18.4 Å². The Bertz CT molecular complexity index is 700. The van der Waals surface area contributed by atoms with Crippen LogP contribution in [0.4, 0.5) is 5.13 Å². The molecule has 1 amide bonds. The molecular weight excluding hydrogens is 314 g/mol. The Balaban J connectivity index is 1.42. The number of nitrogens with one attached hydrogen (secondary N) is 2. The van der Waals surface area contributed by atoms with Crippen LogP contribution >= 0.6 is 22.7 Å². The highest BCUT2D eigenvalue weighted by Gasteiger charge is 2.57. The molecule has 4 nitrogen and oxygen atoms in total. The summed E-state index contributed by atoms with van der Waals surface area (Å²) in [4.78, 5) is 19.4. The minimum Gasteiger partial charge on any atom is -0.317 e. The van der Waals surface area contributed by atoms with Crippen LogP contribution in [0.5, 0.6) is 0 Å². The van der Waals surface area contributed by atoms with Crippen LogP contribution in [0.25, 0.3) is 10.6 Å². The largest absolute Gasteiger partial charge is 0.317 e. The molecule has 2 N–H and O–H groups in total. The molecule has 0 radical (unpaired) electrons. The monoisotopic (exact) mass is 333 g/mol. The average Bonchev–Trinajstić information content (AvgIpc) is 2.89.